The average Bonchev–Trinajstić information content (AvgIpc) is 1.62. The highest BCUT2D eigenvalue weighted by Gasteiger charge is 2.41. The largest absolute Gasteiger partial charge is 0.481 e. The number of carboxylic acids is 2. The van der Waals surface area contributed by atoms with E-state index in [4.69, 9.17) is 17.2 Å². The number of primary amides is 2. The summed E-state index contributed by atoms with van der Waals surface area (Å²) in [6.07, 6.45) is -1.29. The lowest BCUT2D eigenvalue weighted by Crippen LogP contribution is -2.61. The summed E-state index contributed by atoms with van der Waals surface area (Å²) in [6.45, 7) is 17.1. The van der Waals surface area contributed by atoms with Gasteiger partial charge in [-0.05, 0) is 68.6 Å². The number of rotatable bonds is 43. The molecule has 0 unspecified atom stereocenters. The van der Waals surface area contributed by atoms with E-state index in [2.05, 4.69) is 71.1 Å². The molecule has 34 nitrogen and oxygen atoms in total. The lowest BCUT2D eigenvalue weighted by Gasteiger charge is -2.30. The highest BCUT2D eigenvalue weighted by Crippen LogP contribution is 2.21. The number of aliphatic hydroxyl groups is 1. The summed E-state index contributed by atoms with van der Waals surface area (Å²) < 4.78 is 0. The van der Waals surface area contributed by atoms with Gasteiger partial charge in [-0.1, -0.05) is 88.5 Å². The van der Waals surface area contributed by atoms with Crippen molar-refractivity contribution in [2.24, 2.45) is 46.8 Å². The number of carbonyl (C=O) groups is 16. The number of thiol groups is 1. The molecule has 14 amide bonds. The first-order valence-corrected chi connectivity index (χ1v) is 32.1. The van der Waals surface area contributed by atoms with E-state index >= 15 is 0 Å². The molecule has 1 aliphatic heterocycles. The van der Waals surface area contributed by atoms with Crippen LogP contribution < -0.4 is 75.7 Å². The quantitative estimate of drug-likeness (QED) is 0.0255. The van der Waals surface area contributed by atoms with Gasteiger partial charge in [-0.3, -0.25) is 71.9 Å². The Labute approximate surface area is 552 Å². The summed E-state index contributed by atoms with van der Waals surface area (Å²) in [5.74, 6) is -18.6. The molecule has 532 valence electrons. The van der Waals surface area contributed by atoms with Gasteiger partial charge in [-0.2, -0.15) is 12.6 Å². The molecule has 0 aromatic heterocycles. The van der Waals surface area contributed by atoms with E-state index < -0.39 is 218 Å². The van der Waals surface area contributed by atoms with Gasteiger partial charge in [0, 0.05) is 18.7 Å². The minimum atomic E-state index is -1.93. The molecule has 1 fully saturated rings. The van der Waals surface area contributed by atoms with Crippen LogP contribution in [0.15, 0.2) is 0 Å². The van der Waals surface area contributed by atoms with Crippen LogP contribution in [-0.4, -0.2) is 213 Å². The Hall–Kier alpha value is -8.21. The number of nitrogens with zero attached hydrogens (tertiary/aromatic N) is 1. The molecule has 0 aromatic carbocycles. The van der Waals surface area contributed by atoms with Crippen molar-refractivity contribution >= 4 is 107 Å². The third kappa shape index (κ3) is 28.6. The highest BCUT2D eigenvalue weighted by atomic mass is 32.1. The minimum Gasteiger partial charge on any atom is -0.481 e. The molecule has 1 heterocycles. The maximum Gasteiger partial charge on any atom is 0.326 e. The Balaban J connectivity index is 3.29. The fourth-order valence-electron chi connectivity index (χ4n) is 9.60. The van der Waals surface area contributed by atoms with Crippen molar-refractivity contribution in [3.05, 3.63) is 0 Å². The van der Waals surface area contributed by atoms with Crippen LogP contribution in [0.3, 0.4) is 0 Å². The predicted molar refractivity (Wildman–Crippen MR) is 341 cm³/mol. The number of hydrogen-bond acceptors (Lipinski definition) is 19. The van der Waals surface area contributed by atoms with Crippen molar-refractivity contribution in [1.82, 2.24) is 63.4 Å². The predicted octanol–water partition coefficient (Wildman–Crippen LogP) is -4.86. The maximum absolute atomic E-state index is 14.2. The number of aliphatic hydroxyl groups excluding tert-OH is 1. The summed E-state index contributed by atoms with van der Waals surface area (Å²) in [5, 5.41) is 55.2. The van der Waals surface area contributed by atoms with Crippen LogP contribution in [0.5, 0.6) is 0 Å². The number of nitrogens with one attached hydrogen (secondary N) is 11. The van der Waals surface area contributed by atoms with E-state index in [0.717, 1.165) is 0 Å². The second-order valence-corrected chi connectivity index (χ2v) is 24.9. The number of nitrogens with two attached hydrogens (primary N) is 3. The van der Waals surface area contributed by atoms with E-state index in [1.54, 1.807) is 41.5 Å². The molecule has 0 aromatic rings. The van der Waals surface area contributed by atoms with Crippen LogP contribution in [0.1, 0.15) is 147 Å². The first kappa shape index (κ1) is 83.8. The van der Waals surface area contributed by atoms with Gasteiger partial charge in [0.25, 0.3) is 0 Å². The van der Waals surface area contributed by atoms with Gasteiger partial charge in [0.1, 0.15) is 66.5 Å². The molecule has 0 spiro atoms. The van der Waals surface area contributed by atoms with E-state index in [9.17, 15) is 92.0 Å². The molecule has 35 heteroatoms. The molecule has 0 saturated carbocycles. The Bertz CT molecular complexity index is 2690. The number of amides is 14. The fraction of sp³-hybridized carbons (Fsp3) is 0.729. The standard InChI is InChI=1S/C59H101N15O19S/c1-12-29(8)45(62)56(89)72-46(30(9)13-2)57(90)63-24-43(78)65-37(21-28(6)7)58(91)74-19-15-16-40(74)55(88)64-32(11)48(81)67-35(22-41(60)76)52(85)68-34(20-27(4)5)50(83)71-39(26-94)54(87)69-36(23-42(61)77)51(84)66-33(17-18-44(79)80)49(82)70-38(25-75)53(86)73-47(59(92)93)31(10)14-3/h27-40,45-47,75,94H,12-26,62H2,1-11H3,(H2,60,76)(H2,61,77)(H,63,90)(H,64,88)(H,65,78)(H,66,84)(H,67,81)(H,68,85)(H,69,87)(H,70,82)(H,71,83)(H,72,89)(H,73,86)(H,79,80)(H,92,93)/t29-,30-,31-,32-,33-,34-,35-,36-,37-,38-,39-,40-,45-,46-,47-/m0/s1. The third-order valence-corrected chi connectivity index (χ3v) is 16.2. The zero-order valence-corrected chi connectivity index (χ0v) is 56.3. The topological polar surface area (TPSA) is 547 Å². The normalized spacial score (nSPS) is 17.3. The zero-order chi connectivity index (χ0) is 72.0. The number of carboxylic acid groups (broad SMARTS) is 2. The van der Waals surface area contributed by atoms with Crippen LogP contribution in [0.4, 0.5) is 0 Å². The maximum atomic E-state index is 14.2. The first-order chi connectivity index (χ1) is 43.9. The van der Waals surface area contributed by atoms with Crippen LogP contribution in [0, 0.1) is 29.6 Å². The highest BCUT2D eigenvalue weighted by molar-refractivity contribution is 7.80. The van der Waals surface area contributed by atoms with Gasteiger partial charge in [0.05, 0.1) is 32.0 Å². The molecule has 0 aliphatic carbocycles. The Morgan fingerprint density at radius 3 is 1.44 bits per heavy atom. The number of likely N-dealkylation sites (tertiary alicyclic amines) is 1. The monoisotopic (exact) mass is 1360 g/mol. The molecule has 1 aliphatic rings. The van der Waals surface area contributed by atoms with Crippen molar-refractivity contribution < 1.29 is 92.0 Å². The van der Waals surface area contributed by atoms with E-state index in [1.165, 1.54) is 18.7 Å². The van der Waals surface area contributed by atoms with Crippen molar-refractivity contribution in [2.45, 2.75) is 219 Å². The molecule has 20 N–H and O–H groups in total. The smallest absolute Gasteiger partial charge is 0.326 e. The van der Waals surface area contributed by atoms with Crippen LogP contribution in [0.25, 0.3) is 0 Å². The SMILES string of the molecule is CC[C@H](C)[C@H](N)C(=O)N[C@H](C(=O)NCC(=O)N[C@@H](CC(C)C)C(=O)N1CCC[C@H]1C(=O)N[C@@H](C)C(=O)N[C@@H](CC(N)=O)C(=O)N[C@@H](CC(C)C)C(=O)N[C@@H](CS)C(=O)N[C@@H](CC(N)=O)C(=O)N[C@@H](CCC(=O)O)C(=O)N[C@@H](CO)C(=O)N[C@H](C(=O)O)[C@@H](C)CC)[C@@H](C)CC. The molecule has 1 rings (SSSR count). The molecular formula is C59H101N15O19S. The van der Waals surface area contributed by atoms with E-state index in [-0.39, 0.29) is 49.5 Å². The average molecular weight is 1360 g/mol. The summed E-state index contributed by atoms with van der Waals surface area (Å²) in [4.78, 5) is 213. The van der Waals surface area contributed by atoms with Crippen LogP contribution >= 0.6 is 12.6 Å². The molecular weight excluding hydrogens is 1250 g/mol. The summed E-state index contributed by atoms with van der Waals surface area (Å²) in [5.41, 5.74) is 17.0. The van der Waals surface area contributed by atoms with Gasteiger partial charge in [-0.15, -0.1) is 0 Å². The Morgan fingerprint density at radius 1 is 0.511 bits per heavy atom. The van der Waals surface area contributed by atoms with Crippen LogP contribution in [-0.2, 0) is 76.7 Å². The fourth-order valence-corrected chi connectivity index (χ4v) is 9.86. The van der Waals surface area contributed by atoms with Crippen molar-refractivity contribution in [2.75, 3.05) is 25.4 Å². The molecule has 0 bridgehead atoms. The van der Waals surface area contributed by atoms with Gasteiger partial charge in [-0.25, -0.2) is 4.79 Å². The van der Waals surface area contributed by atoms with Crippen molar-refractivity contribution in [3.8, 4) is 0 Å². The van der Waals surface area contributed by atoms with E-state index in [0.29, 0.717) is 25.7 Å². The second kappa shape index (κ2) is 41.5. The number of carbonyl (C=O) groups excluding carboxylic acids is 14. The number of hydrogen-bond donors (Lipinski definition) is 18. The summed E-state index contributed by atoms with van der Waals surface area (Å²) in [7, 11) is 0. The van der Waals surface area contributed by atoms with Gasteiger partial charge in [0.2, 0.25) is 82.7 Å². The van der Waals surface area contributed by atoms with E-state index in [1.807, 2.05) is 20.8 Å². The van der Waals surface area contributed by atoms with Crippen molar-refractivity contribution in [3.63, 3.8) is 0 Å². The van der Waals surface area contributed by atoms with Gasteiger partial charge >= 0.3 is 11.9 Å². The lowest BCUT2D eigenvalue weighted by atomic mass is 9.95. The first-order valence-electron chi connectivity index (χ1n) is 31.5. The minimum absolute atomic E-state index is 0.0874. The van der Waals surface area contributed by atoms with Crippen molar-refractivity contribution in [1.29, 1.82) is 0 Å². The van der Waals surface area contributed by atoms with Gasteiger partial charge in [0.15, 0.2) is 0 Å². The molecule has 94 heavy (non-hydrogen) atoms. The summed E-state index contributed by atoms with van der Waals surface area (Å²) in [6, 6.07) is -17.6. The molecule has 15 atom stereocenters. The molecule has 1 saturated heterocycles. The Morgan fingerprint density at radius 2 is 0.947 bits per heavy atom. The second-order valence-electron chi connectivity index (χ2n) is 24.5. The van der Waals surface area contributed by atoms with Gasteiger partial charge < -0.3 is 95.9 Å². The third-order valence-electron chi connectivity index (χ3n) is 15.8. The molecule has 0 radical (unpaired) electrons. The lowest BCUT2D eigenvalue weighted by molar-refractivity contribution is -0.144. The Kier molecular flexibility index (Phi) is 37.0. The zero-order valence-electron chi connectivity index (χ0n) is 55.4. The summed E-state index contributed by atoms with van der Waals surface area (Å²) >= 11 is 4.15. The number of aliphatic carboxylic acids is 2. The van der Waals surface area contributed by atoms with Crippen LogP contribution in [0.2, 0.25) is 0 Å².